The number of fused-ring (bicyclic) bond motifs is 5. The van der Waals surface area contributed by atoms with Gasteiger partial charge in [0, 0.05) is 23.3 Å². The molecule has 4 rings (SSSR count). The third-order valence-electron chi connectivity index (χ3n) is 9.26. The minimum absolute atomic E-state index is 0.0448. The van der Waals surface area contributed by atoms with E-state index in [1.54, 1.807) is 34.6 Å². The number of aliphatic hydroxyl groups excluding tert-OH is 1. The van der Waals surface area contributed by atoms with E-state index in [1.807, 2.05) is 0 Å². The van der Waals surface area contributed by atoms with Crippen LogP contribution in [0.5, 0.6) is 0 Å². The number of alkyl halides is 2. The van der Waals surface area contributed by atoms with E-state index < -0.39 is 93.8 Å². The summed E-state index contributed by atoms with van der Waals surface area (Å²) >= 11 is 0. The Hall–Kier alpha value is -2.16. The molecule has 0 amide bonds. The summed E-state index contributed by atoms with van der Waals surface area (Å²) < 4.78 is 59.1. The first kappa shape index (κ1) is 26.9. The quantitative estimate of drug-likeness (QED) is 0.559. The van der Waals surface area contributed by atoms with E-state index in [1.165, 1.54) is 6.92 Å². The number of allylic oxidation sites excluding steroid dienone is 4. The predicted molar refractivity (Wildman–Crippen MR) is 124 cm³/mol. The van der Waals surface area contributed by atoms with Crippen molar-refractivity contribution in [3.63, 3.8) is 0 Å². The highest BCUT2D eigenvalue weighted by atomic mass is 19.2. The summed E-state index contributed by atoms with van der Waals surface area (Å²) in [6.45, 7) is 9.61. The molecule has 0 radical (unpaired) electrons. The molecule has 1 N–H and O–H groups in total. The van der Waals surface area contributed by atoms with Crippen LogP contribution in [0, 0.1) is 28.6 Å². The van der Waals surface area contributed by atoms with Crippen molar-refractivity contribution in [1.82, 2.24) is 0 Å². The zero-order chi connectivity index (χ0) is 27.0. The van der Waals surface area contributed by atoms with Crippen molar-refractivity contribution < 1.29 is 42.1 Å². The number of esters is 2. The van der Waals surface area contributed by atoms with Crippen molar-refractivity contribution in [2.45, 2.75) is 96.9 Å². The molecule has 0 aromatic rings. The molecule has 0 unspecified atom stereocenters. The summed E-state index contributed by atoms with van der Waals surface area (Å²) in [5.41, 5.74) is -7.48. The van der Waals surface area contributed by atoms with Gasteiger partial charge in [-0.15, -0.1) is 0 Å². The molecule has 0 aromatic carbocycles. The summed E-state index contributed by atoms with van der Waals surface area (Å²) in [6, 6.07) is 0. The number of hydrogen-bond acceptors (Lipinski definition) is 6. The molecule has 6 nitrogen and oxygen atoms in total. The molecular formula is C27H35F3O6. The normalized spacial score (nSPS) is 45.8. The lowest BCUT2D eigenvalue weighted by Gasteiger charge is -2.62. The van der Waals surface area contributed by atoms with E-state index in [4.69, 9.17) is 9.47 Å². The molecule has 0 aromatic heterocycles. The van der Waals surface area contributed by atoms with Gasteiger partial charge in [-0.3, -0.25) is 14.4 Å². The molecule has 4 aliphatic rings. The number of carbonyl (C=O) groups excluding carboxylic acids is 3. The average molecular weight is 513 g/mol. The molecule has 4 aliphatic carbocycles. The van der Waals surface area contributed by atoms with E-state index >= 15 is 8.78 Å². The Morgan fingerprint density at radius 3 is 2.42 bits per heavy atom. The molecule has 200 valence electrons. The first-order chi connectivity index (χ1) is 16.6. The van der Waals surface area contributed by atoms with E-state index in [-0.39, 0.29) is 19.3 Å². The van der Waals surface area contributed by atoms with Gasteiger partial charge >= 0.3 is 11.9 Å². The topological polar surface area (TPSA) is 89.9 Å². The van der Waals surface area contributed by atoms with Crippen LogP contribution in [-0.2, 0) is 23.9 Å². The Bertz CT molecular complexity index is 1050. The van der Waals surface area contributed by atoms with E-state index in [9.17, 15) is 23.9 Å². The van der Waals surface area contributed by atoms with Gasteiger partial charge in [0.25, 0.3) is 0 Å². The zero-order valence-electron chi connectivity index (χ0n) is 21.6. The average Bonchev–Trinajstić information content (AvgIpc) is 2.99. The number of ether oxygens (including phenoxy) is 2. The molecule has 3 fully saturated rings. The highest BCUT2D eigenvalue weighted by molar-refractivity contribution is 6.04. The highest BCUT2D eigenvalue weighted by Crippen LogP contribution is 2.71. The van der Waals surface area contributed by atoms with Gasteiger partial charge in [-0.1, -0.05) is 19.9 Å². The molecule has 0 saturated heterocycles. The summed E-state index contributed by atoms with van der Waals surface area (Å²) in [7, 11) is 0. The number of aliphatic hydroxyl groups is 1. The van der Waals surface area contributed by atoms with Gasteiger partial charge < -0.3 is 14.6 Å². The van der Waals surface area contributed by atoms with Gasteiger partial charge in [0.15, 0.2) is 11.5 Å². The lowest BCUT2D eigenvalue weighted by atomic mass is 9.45. The van der Waals surface area contributed by atoms with Crippen LogP contribution in [0.1, 0.15) is 67.2 Å². The second-order valence-corrected chi connectivity index (χ2v) is 11.8. The van der Waals surface area contributed by atoms with Gasteiger partial charge in [0.05, 0.1) is 12.2 Å². The standard InChI is InChI=1S/C27H35F3O6/c1-7-19(33)36-26(6)11-15-14-10-16(28)20-21(29)17(31)8-9-25(20,5)27(14,30)18(32)12-24(15,4)22(26)23(34)35-13(2)3/h8-9,13-16,18,22,32H,7,10-12H2,1-6H3/t14-,15-,16-,18-,22+,24-,25-,26-,27-/m0/s1. The van der Waals surface area contributed by atoms with Gasteiger partial charge in [-0.25, -0.2) is 13.2 Å². The molecule has 36 heavy (non-hydrogen) atoms. The molecule has 3 saturated carbocycles. The summed E-state index contributed by atoms with van der Waals surface area (Å²) in [4.78, 5) is 37.8. The monoisotopic (exact) mass is 512 g/mol. The Kier molecular flexibility index (Phi) is 6.30. The molecule has 0 heterocycles. The molecular weight excluding hydrogens is 477 g/mol. The molecule has 9 heteroatoms. The second kappa shape index (κ2) is 8.43. The fraction of sp³-hybridized carbons (Fsp3) is 0.741. The molecule has 0 aliphatic heterocycles. The van der Waals surface area contributed by atoms with Gasteiger partial charge in [-0.2, -0.15) is 0 Å². The van der Waals surface area contributed by atoms with Crippen LogP contribution >= 0.6 is 0 Å². The Morgan fingerprint density at radius 1 is 1.19 bits per heavy atom. The van der Waals surface area contributed by atoms with Crippen molar-refractivity contribution in [3.8, 4) is 0 Å². The van der Waals surface area contributed by atoms with Crippen LogP contribution in [0.3, 0.4) is 0 Å². The number of hydrogen-bond donors (Lipinski definition) is 1. The highest BCUT2D eigenvalue weighted by Gasteiger charge is 2.76. The fourth-order valence-corrected chi connectivity index (χ4v) is 7.90. The molecule has 9 atom stereocenters. The maximum atomic E-state index is 17.3. The van der Waals surface area contributed by atoms with E-state index in [0.29, 0.717) is 0 Å². The van der Waals surface area contributed by atoms with Gasteiger partial charge in [0.1, 0.15) is 17.7 Å². The Labute approximate surface area is 209 Å². The number of halogens is 3. The fourth-order valence-electron chi connectivity index (χ4n) is 7.90. The van der Waals surface area contributed by atoms with E-state index in [2.05, 4.69) is 0 Å². The third-order valence-corrected chi connectivity index (χ3v) is 9.26. The first-order valence-corrected chi connectivity index (χ1v) is 12.6. The Balaban J connectivity index is 1.87. The van der Waals surface area contributed by atoms with Crippen LogP contribution in [0.25, 0.3) is 0 Å². The van der Waals surface area contributed by atoms with E-state index in [0.717, 1.165) is 12.2 Å². The van der Waals surface area contributed by atoms with Crippen LogP contribution in [0.4, 0.5) is 13.2 Å². The SMILES string of the molecule is CCC(=O)O[C@@]1(C)C[C@H]2[C@@H]3C[C@H](F)C4=C(F)C(=O)C=C[C@]4(C)[C@@]3(F)[C@@H](O)C[C@]2(C)[C@H]1C(=O)OC(C)C. The predicted octanol–water partition coefficient (Wildman–Crippen LogP) is 4.49. The van der Waals surface area contributed by atoms with Crippen molar-refractivity contribution >= 4 is 17.7 Å². The first-order valence-electron chi connectivity index (χ1n) is 12.6. The van der Waals surface area contributed by atoms with Gasteiger partial charge in [-0.05, 0) is 64.4 Å². The second-order valence-electron chi connectivity index (χ2n) is 11.8. The smallest absolute Gasteiger partial charge is 0.313 e. The van der Waals surface area contributed by atoms with Crippen molar-refractivity contribution in [2.75, 3.05) is 0 Å². The Morgan fingerprint density at radius 2 is 1.83 bits per heavy atom. The summed E-state index contributed by atoms with van der Waals surface area (Å²) in [5.74, 6) is -6.40. The summed E-state index contributed by atoms with van der Waals surface area (Å²) in [5, 5.41) is 11.4. The van der Waals surface area contributed by atoms with Crippen LogP contribution < -0.4 is 0 Å². The largest absolute Gasteiger partial charge is 0.463 e. The van der Waals surface area contributed by atoms with Gasteiger partial charge in [0.2, 0.25) is 5.78 Å². The van der Waals surface area contributed by atoms with Crippen LogP contribution in [0.2, 0.25) is 0 Å². The number of carbonyl (C=O) groups is 3. The third kappa shape index (κ3) is 3.44. The van der Waals surface area contributed by atoms with Crippen molar-refractivity contribution in [3.05, 3.63) is 23.6 Å². The minimum Gasteiger partial charge on any atom is -0.463 e. The summed E-state index contributed by atoms with van der Waals surface area (Å²) in [6.07, 6.45) is -2.68. The maximum absolute atomic E-state index is 17.3. The van der Waals surface area contributed by atoms with Crippen molar-refractivity contribution in [1.29, 1.82) is 0 Å². The molecule has 0 spiro atoms. The minimum atomic E-state index is -2.52. The molecule has 0 bridgehead atoms. The lowest BCUT2D eigenvalue weighted by molar-refractivity contribution is -0.208. The maximum Gasteiger partial charge on any atom is 0.313 e. The van der Waals surface area contributed by atoms with Crippen LogP contribution in [0.15, 0.2) is 23.6 Å². The van der Waals surface area contributed by atoms with Crippen LogP contribution in [-0.4, -0.2) is 52.5 Å². The number of ketones is 1. The zero-order valence-corrected chi connectivity index (χ0v) is 21.6. The lowest BCUT2D eigenvalue weighted by Crippen LogP contribution is -2.68. The van der Waals surface area contributed by atoms with Crippen molar-refractivity contribution in [2.24, 2.45) is 28.6 Å². The number of rotatable bonds is 4.